The molecule has 0 spiro atoms. The topological polar surface area (TPSA) is 134 Å². The van der Waals surface area contributed by atoms with Crippen LogP contribution in [0.2, 0.25) is 0 Å². The van der Waals surface area contributed by atoms with E-state index in [1.165, 1.54) is 5.32 Å². The standard InChI is InChI=1S/C13H12F3N3O6/c14-13(15,16)11(23)17-2-1-6-4-19(12(24)18-10(6)22)9-3-7(21)8(5-20)25-9/h4,7-9,20-21H,3,5H2,(H,17,23)(H,18,22,24). The number of nitrogens with zero attached hydrogens (tertiary/aromatic N) is 1. The zero-order valence-corrected chi connectivity index (χ0v) is 12.3. The highest BCUT2D eigenvalue weighted by molar-refractivity contribution is 5.83. The Morgan fingerprint density at radius 2 is 2.16 bits per heavy atom. The lowest BCUT2D eigenvalue weighted by Gasteiger charge is -2.14. The molecule has 1 aliphatic heterocycles. The van der Waals surface area contributed by atoms with Gasteiger partial charge in [0.05, 0.1) is 12.7 Å². The highest BCUT2D eigenvalue weighted by atomic mass is 19.4. The summed E-state index contributed by atoms with van der Waals surface area (Å²) in [4.78, 5) is 36.0. The Morgan fingerprint density at radius 1 is 1.48 bits per heavy atom. The zero-order valence-electron chi connectivity index (χ0n) is 12.3. The maximum atomic E-state index is 12.0. The fourth-order valence-corrected chi connectivity index (χ4v) is 2.06. The van der Waals surface area contributed by atoms with E-state index < -0.39 is 53.9 Å². The largest absolute Gasteiger partial charge is 0.472 e. The van der Waals surface area contributed by atoms with E-state index in [-0.39, 0.29) is 6.42 Å². The molecule has 2 heterocycles. The van der Waals surface area contributed by atoms with Crippen LogP contribution in [0.1, 0.15) is 18.2 Å². The van der Waals surface area contributed by atoms with E-state index >= 15 is 0 Å². The van der Waals surface area contributed by atoms with Crippen LogP contribution in [-0.4, -0.2) is 50.7 Å². The lowest BCUT2D eigenvalue weighted by molar-refractivity contribution is -0.172. The number of alkyl halides is 3. The van der Waals surface area contributed by atoms with Crippen LogP contribution in [0.25, 0.3) is 0 Å². The lowest BCUT2D eigenvalue weighted by atomic mass is 10.2. The molecule has 4 N–H and O–H groups in total. The molecule has 0 aliphatic carbocycles. The number of halogens is 3. The number of rotatable bonds is 2. The van der Waals surface area contributed by atoms with Gasteiger partial charge in [-0.2, -0.15) is 13.2 Å². The molecule has 1 aromatic rings. The van der Waals surface area contributed by atoms with Crippen molar-refractivity contribution >= 4 is 5.91 Å². The molecule has 1 fully saturated rings. The Hall–Kier alpha value is -2.62. The first-order valence-corrected chi connectivity index (χ1v) is 6.81. The first-order chi connectivity index (χ1) is 11.6. The van der Waals surface area contributed by atoms with E-state index in [0.717, 1.165) is 10.8 Å². The average molecular weight is 363 g/mol. The number of aromatic amines is 1. The van der Waals surface area contributed by atoms with E-state index in [2.05, 4.69) is 0 Å². The lowest BCUT2D eigenvalue weighted by Crippen LogP contribution is -2.35. The number of nitrogens with one attached hydrogen (secondary N) is 2. The molecule has 3 atom stereocenters. The van der Waals surface area contributed by atoms with E-state index in [1.807, 2.05) is 10.9 Å². The maximum absolute atomic E-state index is 12.0. The Labute approximate surface area is 137 Å². The van der Waals surface area contributed by atoms with E-state index in [4.69, 9.17) is 9.84 Å². The fraction of sp³-hybridized carbons (Fsp3) is 0.462. The van der Waals surface area contributed by atoms with Crippen molar-refractivity contribution in [3.05, 3.63) is 32.6 Å². The molecule has 136 valence electrons. The van der Waals surface area contributed by atoms with Gasteiger partial charge in [0.1, 0.15) is 17.9 Å². The van der Waals surface area contributed by atoms with Crippen LogP contribution in [-0.2, 0) is 9.53 Å². The van der Waals surface area contributed by atoms with E-state index in [1.54, 1.807) is 6.04 Å². The van der Waals surface area contributed by atoms with Gasteiger partial charge in [-0.05, 0) is 5.92 Å². The van der Waals surface area contributed by atoms with Crippen molar-refractivity contribution < 1.29 is 32.9 Å². The third-order valence-electron chi connectivity index (χ3n) is 3.29. The molecule has 1 aliphatic rings. The number of carbonyl (C=O) groups is 1. The quantitative estimate of drug-likeness (QED) is 0.361. The summed E-state index contributed by atoms with van der Waals surface area (Å²) in [5.41, 5.74) is -2.29. The fourth-order valence-electron chi connectivity index (χ4n) is 2.06. The van der Waals surface area contributed by atoms with Gasteiger partial charge in [-0.15, -0.1) is 0 Å². The van der Waals surface area contributed by atoms with Crippen molar-refractivity contribution in [1.82, 2.24) is 14.9 Å². The Balaban J connectivity index is 2.26. The van der Waals surface area contributed by atoms with Crippen LogP contribution < -0.4 is 16.6 Å². The summed E-state index contributed by atoms with van der Waals surface area (Å²) < 4.78 is 42.2. The summed E-state index contributed by atoms with van der Waals surface area (Å²) in [5.74, 6) is -0.317. The summed E-state index contributed by atoms with van der Waals surface area (Å²) >= 11 is 0. The van der Waals surface area contributed by atoms with Crippen molar-refractivity contribution in [1.29, 1.82) is 0 Å². The predicted octanol–water partition coefficient (Wildman–Crippen LogP) is -1.84. The molecule has 12 heteroatoms. The second-order valence-electron chi connectivity index (χ2n) is 5.03. The number of aliphatic hydroxyl groups excluding tert-OH is 2. The number of ether oxygens (including phenoxy) is 1. The third-order valence-corrected chi connectivity index (χ3v) is 3.29. The van der Waals surface area contributed by atoms with Crippen LogP contribution in [0.4, 0.5) is 13.2 Å². The van der Waals surface area contributed by atoms with Crippen molar-refractivity contribution in [3.63, 3.8) is 0 Å². The Kier molecular flexibility index (Phi) is 5.31. The summed E-state index contributed by atoms with van der Waals surface area (Å²) in [6.45, 7) is -0.494. The number of aromatic nitrogens is 2. The molecule has 2 rings (SSSR count). The van der Waals surface area contributed by atoms with Gasteiger partial charge in [-0.1, -0.05) is 0 Å². The minimum absolute atomic E-state index is 0.0607. The summed E-state index contributed by atoms with van der Waals surface area (Å²) in [6, 6.07) is 1.68. The zero-order chi connectivity index (χ0) is 18.8. The van der Waals surface area contributed by atoms with E-state index in [0.29, 0.717) is 0 Å². The normalized spacial score (nSPS) is 23.0. The minimum atomic E-state index is -5.13. The van der Waals surface area contributed by atoms with Gasteiger partial charge in [0.2, 0.25) is 0 Å². The number of H-pyrrole nitrogens is 1. The molecule has 1 saturated heterocycles. The number of hydrogen-bond donors (Lipinski definition) is 4. The number of hydrogen-bond acceptors (Lipinski definition) is 6. The molecule has 25 heavy (non-hydrogen) atoms. The molecule has 9 nitrogen and oxygen atoms in total. The average Bonchev–Trinajstić information content (AvgIpc) is 2.89. The Morgan fingerprint density at radius 3 is 2.72 bits per heavy atom. The third kappa shape index (κ3) is 4.27. The van der Waals surface area contributed by atoms with Gasteiger partial charge >= 0.3 is 17.8 Å². The molecular weight excluding hydrogens is 351 g/mol. The van der Waals surface area contributed by atoms with Crippen LogP contribution in [0.3, 0.4) is 0 Å². The van der Waals surface area contributed by atoms with Crippen LogP contribution in [0.15, 0.2) is 15.8 Å². The highest BCUT2D eigenvalue weighted by Gasteiger charge is 2.38. The molecule has 0 saturated carbocycles. The van der Waals surface area contributed by atoms with Gasteiger partial charge in [-0.3, -0.25) is 24.5 Å². The van der Waals surface area contributed by atoms with Crippen molar-refractivity contribution in [2.24, 2.45) is 0 Å². The van der Waals surface area contributed by atoms with Gasteiger partial charge in [0.15, 0.2) is 0 Å². The molecule has 3 unspecified atom stereocenters. The molecule has 1 amide bonds. The van der Waals surface area contributed by atoms with Crippen molar-refractivity contribution in [2.75, 3.05) is 6.61 Å². The monoisotopic (exact) mass is 363 g/mol. The first-order valence-electron chi connectivity index (χ1n) is 6.81. The summed E-state index contributed by atoms with van der Waals surface area (Å²) in [5, 5.41) is 19.9. The van der Waals surface area contributed by atoms with Crippen LogP contribution in [0, 0.1) is 12.0 Å². The maximum Gasteiger partial charge on any atom is 0.472 e. The SMILES string of the molecule is O=C(NC#Cc1cn(C2CC(O)C(CO)O2)c(=O)[nH]c1=O)C(F)(F)F. The van der Waals surface area contributed by atoms with Crippen molar-refractivity contribution in [3.8, 4) is 12.0 Å². The number of carbonyl (C=O) groups excluding carboxylic acids is 1. The second-order valence-corrected chi connectivity index (χ2v) is 5.03. The van der Waals surface area contributed by atoms with Crippen LogP contribution >= 0.6 is 0 Å². The molecule has 0 radical (unpaired) electrons. The predicted molar refractivity (Wildman–Crippen MR) is 74.0 cm³/mol. The van der Waals surface area contributed by atoms with Gasteiger partial charge in [-0.25, -0.2) is 4.79 Å². The first kappa shape index (κ1) is 18.7. The smallest absolute Gasteiger partial charge is 0.394 e. The van der Waals surface area contributed by atoms with Gasteiger partial charge < -0.3 is 14.9 Å². The van der Waals surface area contributed by atoms with Gasteiger partial charge in [0.25, 0.3) is 5.56 Å². The molecule has 1 aromatic heterocycles. The minimum Gasteiger partial charge on any atom is -0.394 e. The second kappa shape index (κ2) is 7.09. The number of aliphatic hydroxyl groups is 2. The molecule has 0 bridgehead atoms. The highest BCUT2D eigenvalue weighted by Crippen LogP contribution is 2.27. The molecule has 0 aromatic carbocycles. The molecular formula is C13H12F3N3O6. The Bertz CT molecular complexity index is 834. The summed E-state index contributed by atoms with van der Waals surface area (Å²) in [6.07, 6.45) is -7.26. The van der Waals surface area contributed by atoms with E-state index in [9.17, 15) is 32.7 Å². The van der Waals surface area contributed by atoms with Gasteiger partial charge in [0, 0.05) is 18.7 Å². The summed E-state index contributed by atoms with van der Waals surface area (Å²) in [7, 11) is 0. The van der Waals surface area contributed by atoms with Crippen LogP contribution in [0.5, 0.6) is 0 Å². The number of amides is 1. The van der Waals surface area contributed by atoms with Crippen molar-refractivity contribution in [2.45, 2.75) is 31.0 Å².